The third-order valence-corrected chi connectivity index (χ3v) is 11.7. The molecule has 0 radical (unpaired) electrons. The summed E-state index contributed by atoms with van der Waals surface area (Å²) >= 11 is 2.56. The maximum Gasteiger partial charge on any atom is 0.353 e. The summed E-state index contributed by atoms with van der Waals surface area (Å²) in [5, 5.41) is 26.4. The van der Waals surface area contributed by atoms with Crippen LogP contribution in [0.1, 0.15) is 57.0 Å². The van der Waals surface area contributed by atoms with Crippen LogP contribution in [0.4, 0.5) is 5.13 Å². The van der Waals surface area contributed by atoms with Crippen LogP contribution in [-0.4, -0.2) is 82.6 Å². The number of rotatable bonds is 14. The molecule has 2 atom stereocenters. The quantitative estimate of drug-likeness (QED) is 0.0392. The number of aliphatic carboxylic acids is 1. The Balaban J connectivity index is 1.23. The number of aromatic nitrogens is 3. The third-order valence-electron chi connectivity index (χ3n) is 9.58. The van der Waals surface area contributed by atoms with E-state index in [2.05, 4.69) is 20.9 Å². The number of thiazole rings is 1. The number of fused-ring (bicyclic) bond motifs is 1. The summed E-state index contributed by atoms with van der Waals surface area (Å²) in [4.78, 5) is 65.5. The molecule has 3 N–H and O–H groups in total. The van der Waals surface area contributed by atoms with Crippen molar-refractivity contribution in [3.8, 4) is 0 Å². The van der Waals surface area contributed by atoms with Gasteiger partial charge in [-0.25, -0.2) is 14.6 Å². The molecule has 0 bridgehead atoms. The minimum absolute atomic E-state index is 0.102. The highest BCUT2D eigenvalue weighted by molar-refractivity contribution is 8.00. The van der Waals surface area contributed by atoms with Crippen LogP contribution in [0.3, 0.4) is 0 Å². The molecule has 2 aliphatic rings. The molecule has 5 aromatic rings. The summed E-state index contributed by atoms with van der Waals surface area (Å²) in [7, 11) is 0. The first-order valence-corrected chi connectivity index (χ1v) is 20.7. The highest BCUT2D eigenvalue weighted by Crippen LogP contribution is 2.42. The van der Waals surface area contributed by atoms with Crippen molar-refractivity contribution in [1.29, 1.82) is 0 Å². The predicted octanol–water partition coefficient (Wildman–Crippen LogP) is 6.02. The van der Waals surface area contributed by atoms with Gasteiger partial charge in [-0.15, -0.1) is 23.1 Å². The van der Waals surface area contributed by atoms with E-state index in [4.69, 9.17) is 14.6 Å². The molecule has 2 amide bonds. The molecule has 3 aromatic carbocycles. The average Bonchev–Trinajstić information content (AvgIpc) is 3.91. The van der Waals surface area contributed by atoms with E-state index in [1.807, 2.05) is 91.0 Å². The van der Waals surface area contributed by atoms with Gasteiger partial charge in [0.05, 0.1) is 6.54 Å². The number of esters is 1. The second-order valence-corrected chi connectivity index (χ2v) is 17.3. The van der Waals surface area contributed by atoms with Gasteiger partial charge in [0.1, 0.15) is 33.9 Å². The molecule has 1 fully saturated rings. The molecule has 0 aliphatic carbocycles. The normalized spacial score (nSPS) is 17.1. The van der Waals surface area contributed by atoms with Crippen LogP contribution in [-0.2, 0) is 40.8 Å². The van der Waals surface area contributed by atoms with Crippen LogP contribution in [0.25, 0.3) is 0 Å². The van der Waals surface area contributed by atoms with E-state index in [0.717, 1.165) is 16.7 Å². The minimum Gasteiger partial charge on any atom is -0.477 e. The van der Waals surface area contributed by atoms with Crippen LogP contribution in [0.2, 0.25) is 0 Å². The van der Waals surface area contributed by atoms with E-state index in [0.29, 0.717) is 16.5 Å². The molecule has 0 spiro atoms. The largest absolute Gasteiger partial charge is 0.477 e. The van der Waals surface area contributed by atoms with Crippen LogP contribution < -0.4 is 10.6 Å². The Hall–Kier alpha value is -6.26. The van der Waals surface area contributed by atoms with Crippen LogP contribution in [0.5, 0.6) is 0 Å². The van der Waals surface area contributed by atoms with Crippen LogP contribution in [0.15, 0.2) is 131 Å². The number of benzene rings is 3. The number of nitrogens with zero attached hydrogens (tertiary/aromatic N) is 5. The standard InChI is InChI=1S/C43H43N7O7S2/c1-41(2,3)56-39(55)42(4,5)57-48-32(35(51)46-33-36(52)50-34(38(53)54)27(25-58-37(33)50)24-49-23-15-22-44-49)31-26-59-40(45-31)47-43(28-16-9-6-10-17-28,29-18-11-7-12-19-29)30-20-13-8-14-21-30/h6-23,26,33,37H,24-25H2,1-5H3,(H,45,47)(H,46,51)(H,53,54)/b48-32-/t33-,37-/m1/s1. The van der Waals surface area contributed by atoms with Gasteiger partial charge >= 0.3 is 11.9 Å². The number of anilines is 1. The van der Waals surface area contributed by atoms with Gasteiger partial charge in [0.2, 0.25) is 5.60 Å². The van der Waals surface area contributed by atoms with Crippen molar-refractivity contribution < 1.29 is 33.9 Å². The maximum atomic E-state index is 14.3. The first-order valence-electron chi connectivity index (χ1n) is 18.8. The maximum absolute atomic E-state index is 14.3. The number of hydrogen-bond donors (Lipinski definition) is 3. The number of carbonyl (C=O) groups is 4. The molecule has 2 aliphatic heterocycles. The number of ether oxygens (including phenoxy) is 1. The fraction of sp³-hybridized carbons (Fsp3) is 0.279. The second kappa shape index (κ2) is 16.5. The first kappa shape index (κ1) is 40.9. The molecule has 304 valence electrons. The van der Waals surface area contributed by atoms with Crippen molar-refractivity contribution in [3.63, 3.8) is 0 Å². The molecule has 0 unspecified atom stereocenters. The zero-order valence-electron chi connectivity index (χ0n) is 33.0. The van der Waals surface area contributed by atoms with Gasteiger partial charge in [0, 0.05) is 23.5 Å². The van der Waals surface area contributed by atoms with Crippen molar-refractivity contribution in [2.24, 2.45) is 5.16 Å². The Labute approximate surface area is 349 Å². The Morgan fingerprint density at radius 2 is 1.49 bits per heavy atom. The number of carboxylic acids is 1. The summed E-state index contributed by atoms with van der Waals surface area (Å²) in [5.41, 5.74) is -0.411. The fourth-order valence-corrected chi connectivity index (χ4v) is 8.87. The molecule has 4 heterocycles. The van der Waals surface area contributed by atoms with E-state index in [9.17, 15) is 24.3 Å². The number of nitrogens with one attached hydrogen (secondary N) is 2. The third kappa shape index (κ3) is 8.50. The summed E-state index contributed by atoms with van der Waals surface area (Å²) in [6.07, 6.45) is 3.30. The average molecular weight is 834 g/mol. The van der Waals surface area contributed by atoms with Gasteiger partial charge in [-0.1, -0.05) is 96.2 Å². The van der Waals surface area contributed by atoms with Crippen molar-refractivity contribution >= 4 is 57.7 Å². The SMILES string of the molecule is CC(C)(C)OC(=O)C(C)(C)O/N=C(\C(=O)N[C@@H]1C(=O)N2C(C(=O)O)=C(Cn3cccn3)CS[C@H]12)c1csc(NC(c2ccccc2)(c2ccccc2)c2ccccc2)n1. The molecule has 14 nitrogen and oxygen atoms in total. The first-order chi connectivity index (χ1) is 28.2. The zero-order chi connectivity index (χ0) is 42.0. The van der Waals surface area contributed by atoms with Crippen LogP contribution >= 0.6 is 23.1 Å². The Kier molecular flexibility index (Phi) is 11.5. The lowest BCUT2D eigenvalue weighted by Crippen LogP contribution is -2.71. The highest BCUT2D eigenvalue weighted by Gasteiger charge is 2.54. The van der Waals surface area contributed by atoms with E-state index >= 15 is 0 Å². The van der Waals surface area contributed by atoms with Crippen molar-refractivity contribution in [2.45, 2.75) is 69.3 Å². The molecule has 7 rings (SSSR count). The summed E-state index contributed by atoms with van der Waals surface area (Å²) in [6, 6.07) is 30.4. The molecule has 59 heavy (non-hydrogen) atoms. The Morgan fingerprint density at radius 1 is 0.898 bits per heavy atom. The topological polar surface area (TPSA) is 177 Å². The monoisotopic (exact) mass is 833 g/mol. The van der Waals surface area contributed by atoms with E-state index in [-0.39, 0.29) is 23.6 Å². The molecular weight excluding hydrogens is 791 g/mol. The summed E-state index contributed by atoms with van der Waals surface area (Å²) in [6.45, 7) is 8.29. The van der Waals surface area contributed by atoms with E-state index < -0.39 is 51.9 Å². The molecule has 1 saturated heterocycles. The smallest absolute Gasteiger partial charge is 0.353 e. The number of carboxylic acid groups (broad SMARTS) is 1. The number of thioether (sulfide) groups is 1. The molecule has 2 aromatic heterocycles. The van der Waals surface area contributed by atoms with Gasteiger partial charge in [0.15, 0.2) is 10.8 Å². The number of oxime groups is 1. The van der Waals surface area contributed by atoms with Gasteiger partial charge in [0.25, 0.3) is 11.8 Å². The highest BCUT2D eigenvalue weighted by atomic mass is 32.2. The van der Waals surface area contributed by atoms with Crippen molar-refractivity contribution in [1.82, 2.24) is 25.0 Å². The zero-order valence-corrected chi connectivity index (χ0v) is 34.6. The molecule has 0 saturated carbocycles. The van der Waals surface area contributed by atoms with Gasteiger partial charge in [-0.3, -0.25) is 19.2 Å². The van der Waals surface area contributed by atoms with Gasteiger partial charge in [-0.2, -0.15) is 5.10 Å². The summed E-state index contributed by atoms with van der Waals surface area (Å²) < 4.78 is 7.14. The van der Waals surface area contributed by atoms with Gasteiger partial charge < -0.3 is 25.3 Å². The van der Waals surface area contributed by atoms with E-state index in [1.165, 1.54) is 41.8 Å². The fourth-order valence-electron chi connectivity index (χ4n) is 6.79. The Morgan fingerprint density at radius 3 is 2.02 bits per heavy atom. The lowest BCUT2D eigenvalue weighted by molar-refractivity contribution is -0.179. The van der Waals surface area contributed by atoms with Crippen molar-refractivity contribution in [3.05, 3.63) is 148 Å². The Bertz CT molecular complexity index is 2300. The lowest BCUT2D eigenvalue weighted by atomic mass is 9.77. The lowest BCUT2D eigenvalue weighted by Gasteiger charge is -2.49. The molecular formula is C43H43N7O7S2. The number of carbonyl (C=O) groups excluding carboxylic acids is 3. The van der Waals surface area contributed by atoms with Crippen molar-refractivity contribution in [2.75, 3.05) is 11.1 Å². The second-order valence-electron chi connectivity index (χ2n) is 15.4. The number of amides is 2. The molecule has 16 heteroatoms. The number of hydrogen-bond acceptors (Lipinski definition) is 12. The van der Waals surface area contributed by atoms with E-state index in [1.54, 1.807) is 49.3 Å². The van der Waals surface area contributed by atoms with Crippen LogP contribution in [0, 0.1) is 0 Å². The predicted molar refractivity (Wildman–Crippen MR) is 224 cm³/mol. The number of β-lactam (4-membered cyclic amide) rings is 1. The minimum atomic E-state index is -1.63. The summed E-state index contributed by atoms with van der Waals surface area (Å²) in [5.74, 6) is -3.09. The van der Waals surface area contributed by atoms with Gasteiger partial charge in [-0.05, 0) is 62.9 Å².